The molecule has 9 nitrogen and oxygen atoms in total. The Morgan fingerprint density at radius 1 is 1.54 bits per heavy atom. The first-order valence-corrected chi connectivity index (χ1v) is 12.8. The van der Waals surface area contributed by atoms with Crippen LogP contribution in [0, 0.1) is 3.57 Å². The maximum Gasteiger partial charge on any atom is 0.330 e. The molecule has 1 aliphatic heterocycles. The van der Waals surface area contributed by atoms with E-state index < -0.39 is 37.6 Å². The van der Waals surface area contributed by atoms with Gasteiger partial charge in [-0.05, 0) is 46.3 Å². The first kappa shape index (κ1) is 23.1. The monoisotopic (exact) mass is 525 g/mol. The summed E-state index contributed by atoms with van der Waals surface area (Å²) in [5.41, 5.74) is 6.25. The summed E-state index contributed by atoms with van der Waals surface area (Å²) in [6.07, 6.45) is -1.60. The van der Waals surface area contributed by atoms with Gasteiger partial charge in [0.15, 0.2) is 14.5 Å². The predicted octanol–water partition coefficient (Wildman–Crippen LogP) is 3.47. The molecule has 0 aliphatic carbocycles. The number of hydrogen-bond acceptors (Lipinski definition) is 5. The molecule has 1 aromatic rings. The van der Waals surface area contributed by atoms with Gasteiger partial charge >= 0.3 is 5.69 Å². The van der Waals surface area contributed by atoms with Crippen molar-refractivity contribution in [3.63, 3.8) is 0 Å². The van der Waals surface area contributed by atoms with Crippen LogP contribution in [-0.4, -0.2) is 42.8 Å². The number of ether oxygens (including phenoxy) is 1. The number of hydrogen-bond donors (Lipinski definition) is 1. The predicted molar refractivity (Wildman–Crippen MR) is 114 cm³/mol. The lowest BCUT2D eigenvalue weighted by Gasteiger charge is -2.39. The van der Waals surface area contributed by atoms with Gasteiger partial charge in [-0.2, -0.15) is 0 Å². The zero-order valence-corrected chi connectivity index (χ0v) is 19.7. The molecule has 0 saturated carbocycles. The van der Waals surface area contributed by atoms with Crippen molar-refractivity contribution in [1.82, 2.24) is 9.55 Å². The van der Waals surface area contributed by atoms with E-state index in [1.54, 1.807) is 22.6 Å². The summed E-state index contributed by atoms with van der Waals surface area (Å²) in [7, 11) is -2.16. The van der Waals surface area contributed by atoms with Gasteiger partial charge in [-0.3, -0.25) is 14.3 Å². The minimum atomic E-state index is -2.16. The fourth-order valence-electron chi connectivity index (χ4n) is 2.64. The van der Waals surface area contributed by atoms with E-state index in [9.17, 15) is 14.0 Å². The van der Waals surface area contributed by atoms with Crippen LogP contribution in [0.5, 0.6) is 0 Å². The molecule has 3 atom stereocenters. The van der Waals surface area contributed by atoms with Gasteiger partial charge in [0.2, 0.25) is 0 Å². The molecule has 28 heavy (non-hydrogen) atoms. The summed E-state index contributed by atoms with van der Waals surface area (Å²) in [5.74, 6) is 0. The maximum atomic E-state index is 14.9. The Morgan fingerprint density at radius 3 is 2.75 bits per heavy atom. The molecule has 1 unspecified atom stereocenters. The van der Waals surface area contributed by atoms with Crippen LogP contribution in [0.25, 0.3) is 10.4 Å². The van der Waals surface area contributed by atoms with Crippen LogP contribution in [0.4, 0.5) is 4.39 Å². The molecule has 0 radical (unpaired) electrons. The highest BCUT2D eigenvalue weighted by Gasteiger charge is 2.50. The number of nitrogens with one attached hydrogen (secondary N) is 1. The van der Waals surface area contributed by atoms with Crippen LogP contribution in [0.15, 0.2) is 20.9 Å². The van der Waals surface area contributed by atoms with Crippen LogP contribution in [0.1, 0.15) is 33.4 Å². The highest BCUT2D eigenvalue weighted by Crippen LogP contribution is 2.42. The van der Waals surface area contributed by atoms with Crippen LogP contribution in [-0.2, 0) is 9.16 Å². The van der Waals surface area contributed by atoms with E-state index in [-0.39, 0.29) is 28.2 Å². The molecule has 156 valence electrons. The van der Waals surface area contributed by atoms with Crippen molar-refractivity contribution in [2.24, 2.45) is 5.11 Å². The minimum absolute atomic E-state index is 0.0502. The Labute approximate surface area is 176 Å². The zero-order chi connectivity index (χ0) is 21.3. The molecule has 1 aliphatic rings. The number of rotatable bonds is 6. The topological polar surface area (TPSA) is 122 Å². The van der Waals surface area contributed by atoms with Crippen LogP contribution < -0.4 is 11.2 Å². The molecule has 1 saturated heterocycles. The number of nitrogens with zero attached hydrogens (tertiary/aromatic N) is 4. The third-order valence-electron chi connectivity index (χ3n) is 5.37. The van der Waals surface area contributed by atoms with Crippen molar-refractivity contribution < 1.29 is 13.6 Å². The molecule has 0 amide bonds. The summed E-state index contributed by atoms with van der Waals surface area (Å²) in [6.45, 7) is 10.3. The van der Waals surface area contributed by atoms with E-state index in [4.69, 9.17) is 14.7 Å². The second kappa shape index (κ2) is 8.26. The Balaban J connectivity index is 2.34. The molecule has 2 rings (SSSR count). The summed E-state index contributed by atoms with van der Waals surface area (Å²) in [5, 5.41) is 3.52. The standard InChI is InChI=1S/C16H25FIN5O4Si/c1-15(2,3)28(4,5)26-9-16(8-20-22-19)6-10(17)13(27-16)23-7-11(18)12(24)21-14(23)25/h7,10,13H,6,8-9H2,1-5H3,(H,21,24,25)/t10-,13-,16?/m1/s1. The molecular weight excluding hydrogens is 500 g/mol. The molecule has 1 aromatic heterocycles. The van der Waals surface area contributed by atoms with Crippen molar-refractivity contribution in [2.75, 3.05) is 13.2 Å². The number of halogens is 2. The fraction of sp³-hybridized carbons (Fsp3) is 0.750. The quantitative estimate of drug-likeness (QED) is 0.201. The Bertz CT molecular complexity index is 892. The smallest absolute Gasteiger partial charge is 0.330 e. The lowest BCUT2D eigenvalue weighted by molar-refractivity contribution is -0.0975. The molecule has 0 aromatic carbocycles. The van der Waals surface area contributed by atoms with Crippen LogP contribution in [0.3, 0.4) is 0 Å². The van der Waals surface area contributed by atoms with Crippen molar-refractivity contribution >= 4 is 30.9 Å². The number of H-pyrrole nitrogens is 1. The van der Waals surface area contributed by atoms with E-state index in [0.29, 0.717) is 0 Å². The molecule has 1 N–H and O–H groups in total. The summed E-state index contributed by atoms with van der Waals surface area (Å²) in [4.78, 5) is 28.6. The zero-order valence-electron chi connectivity index (χ0n) is 16.5. The van der Waals surface area contributed by atoms with Gasteiger partial charge in [-0.15, -0.1) is 0 Å². The normalized spacial score (nSPS) is 25.5. The minimum Gasteiger partial charge on any atom is -0.414 e. The highest BCUT2D eigenvalue weighted by atomic mass is 127. The summed E-state index contributed by atoms with van der Waals surface area (Å²) < 4.78 is 28.3. The number of aromatic amines is 1. The average Bonchev–Trinajstić information content (AvgIpc) is 2.91. The van der Waals surface area contributed by atoms with Gasteiger partial charge in [0.25, 0.3) is 5.56 Å². The number of aromatic nitrogens is 2. The molecular formula is C16H25FIN5O4Si. The van der Waals surface area contributed by atoms with Gasteiger partial charge in [0.05, 0.1) is 16.7 Å². The van der Waals surface area contributed by atoms with Gasteiger partial charge in [0, 0.05) is 17.5 Å². The highest BCUT2D eigenvalue weighted by molar-refractivity contribution is 14.1. The maximum absolute atomic E-state index is 14.9. The largest absolute Gasteiger partial charge is 0.414 e. The van der Waals surface area contributed by atoms with Gasteiger partial charge < -0.3 is 9.16 Å². The van der Waals surface area contributed by atoms with E-state index in [0.717, 1.165) is 4.57 Å². The number of azide groups is 1. The van der Waals surface area contributed by atoms with Gasteiger partial charge in [-0.25, -0.2) is 9.18 Å². The summed E-state index contributed by atoms with van der Waals surface area (Å²) >= 11 is 1.76. The lowest BCUT2D eigenvalue weighted by atomic mass is 10.0. The van der Waals surface area contributed by atoms with E-state index in [1.807, 2.05) is 0 Å². The second-order valence-corrected chi connectivity index (χ2v) is 14.5. The average molecular weight is 525 g/mol. The van der Waals surface area contributed by atoms with Crippen LogP contribution >= 0.6 is 22.6 Å². The SMILES string of the molecule is CC(C)(C)[Si](C)(C)OCC1(CN=[N+]=[N-])C[C@@H](F)[C@H](n2cc(I)c(=O)[nH]c2=O)O1. The Hall–Kier alpha value is -1.21. The molecule has 12 heteroatoms. The van der Waals surface area contributed by atoms with E-state index in [2.05, 4.69) is 48.9 Å². The third kappa shape index (κ3) is 4.85. The van der Waals surface area contributed by atoms with Crippen molar-refractivity contribution in [1.29, 1.82) is 0 Å². The van der Waals surface area contributed by atoms with E-state index >= 15 is 0 Å². The second-order valence-electron chi connectivity index (χ2n) is 8.49. The molecule has 0 bridgehead atoms. The third-order valence-corrected chi connectivity index (χ3v) is 10.6. The molecule has 0 spiro atoms. The Kier molecular flexibility index (Phi) is 6.81. The summed E-state index contributed by atoms with van der Waals surface area (Å²) in [6, 6.07) is 0. The van der Waals surface area contributed by atoms with Crippen molar-refractivity contribution in [3.8, 4) is 0 Å². The fourth-order valence-corrected chi connectivity index (χ4v) is 4.14. The first-order valence-electron chi connectivity index (χ1n) is 8.80. The van der Waals surface area contributed by atoms with Gasteiger partial charge in [-0.1, -0.05) is 25.9 Å². The number of alkyl halides is 1. The Morgan fingerprint density at radius 2 is 2.18 bits per heavy atom. The van der Waals surface area contributed by atoms with Crippen LogP contribution in [0.2, 0.25) is 18.1 Å². The molecule has 2 heterocycles. The van der Waals surface area contributed by atoms with Gasteiger partial charge in [0.1, 0.15) is 11.8 Å². The lowest BCUT2D eigenvalue weighted by Crippen LogP contribution is -2.47. The first-order chi connectivity index (χ1) is 12.8. The van der Waals surface area contributed by atoms with Crippen molar-refractivity contribution in [3.05, 3.63) is 41.0 Å². The molecule has 1 fully saturated rings. The van der Waals surface area contributed by atoms with E-state index in [1.165, 1.54) is 6.20 Å². The van der Waals surface area contributed by atoms with Crippen molar-refractivity contribution in [2.45, 2.75) is 63.3 Å².